The molecule has 2 rings (SSSR count). The normalized spacial score (nSPS) is 18.2. The van der Waals surface area contributed by atoms with E-state index in [-0.39, 0.29) is 10.6 Å². The fourth-order valence-electron chi connectivity index (χ4n) is 1.56. The van der Waals surface area contributed by atoms with Crippen molar-refractivity contribution < 1.29 is 13.2 Å². The number of pyridine rings is 1. The number of anilines is 1. The molecule has 0 amide bonds. The van der Waals surface area contributed by atoms with Crippen molar-refractivity contribution in [1.29, 1.82) is 0 Å². The topological polar surface area (TPSA) is 85.5 Å². The Hall–Kier alpha value is -0.700. The molecule has 1 aliphatic heterocycles. The summed E-state index contributed by atoms with van der Waals surface area (Å²) in [7, 11) is -3.58. The van der Waals surface area contributed by atoms with Gasteiger partial charge in [0.1, 0.15) is 4.90 Å². The van der Waals surface area contributed by atoms with Crippen molar-refractivity contribution >= 4 is 31.6 Å². The summed E-state index contributed by atoms with van der Waals surface area (Å²) in [5, 5.41) is 0. The van der Waals surface area contributed by atoms with Gasteiger partial charge in [-0.05, 0) is 15.9 Å². The molecule has 0 saturated carbocycles. The number of hydrogen-bond donors (Lipinski definition) is 1. The summed E-state index contributed by atoms with van der Waals surface area (Å²) in [6, 6.07) is 0. The first kappa shape index (κ1) is 12.7. The lowest BCUT2D eigenvalue weighted by atomic mass is 10.4. The van der Waals surface area contributed by atoms with Gasteiger partial charge in [0.15, 0.2) is 0 Å². The summed E-state index contributed by atoms with van der Waals surface area (Å²) >= 11 is 3.17. The number of ether oxygens (including phenoxy) is 1. The second kappa shape index (κ2) is 4.89. The second-order valence-electron chi connectivity index (χ2n) is 3.55. The van der Waals surface area contributed by atoms with E-state index in [2.05, 4.69) is 20.9 Å². The molecule has 1 aromatic heterocycles. The van der Waals surface area contributed by atoms with Crippen molar-refractivity contribution in [2.75, 3.05) is 32.0 Å². The molecule has 1 aliphatic rings. The minimum atomic E-state index is -3.58. The summed E-state index contributed by atoms with van der Waals surface area (Å²) in [5.41, 5.74) is 5.94. The standard InChI is InChI=1S/C9H12BrN3O3S/c10-7-5-12-6-8(9(7)11)17(14,15)13-1-3-16-4-2-13/h5-6H,1-4H2,(H2,11,12). The third kappa shape index (κ3) is 2.44. The molecule has 0 unspecified atom stereocenters. The maximum absolute atomic E-state index is 12.3. The van der Waals surface area contributed by atoms with E-state index in [9.17, 15) is 8.42 Å². The number of rotatable bonds is 2. The van der Waals surface area contributed by atoms with Gasteiger partial charge in [-0.3, -0.25) is 4.98 Å². The molecule has 6 nitrogen and oxygen atoms in total. The van der Waals surface area contributed by atoms with Crippen LogP contribution in [0.15, 0.2) is 21.8 Å². The molecule has 1 aromatic rings. The van der Waals surface area contributed by atoms with E-state index in [0.717, 1.165) is 0 Å². The van der Waals surface area contributed by atoms with Crippen LogP contribution in [0.25, 0.3) is 0 Å². The third-order valence-corrected chi connectivity index (χ3v) is 5.05. The van der Waals surface area contributed by atoms with E-state index in [4.69, 9.17) is 10.5 Å². The smallest absolute Gasteiger partial charge is 0.246 e. The fraction of sp³-hybridized carbons (Fsp3) is 0.444. The van der Waals surface area contributed by atoms with Gasteiger partial charge in [-0.15, -0.1) is 0 Å². The lowest BCUT2D eigenvalue weighted by Crippen LogP contribution is -2.40. The molecule has 8 heteroatoms. The van der Waals surface area contributed by atoms with Crippen molar-refractivity contribution in [3.05, 3.63) is 16.9 Å². The number of morpholine rings is 1. The molecule has 94 valence electrons. The Morgan fingerprint density at radius 3 is 2.65 bits per heavy atom. The maximum Gasteiger partial charge on any atom is 0.246 e. The van der Waals surface area contributed by atoms with Gasteiger partial charge < -0.3 is 10.5 Å². The average molecular weight is 322 g/mol. The highest BCUT2D eigenvalue weighted by atomic mass is 79.9. The van der Waals surface area contributed by atoms with Gasteiger partial charge >= 0.3 is 0 Å². The summed E-state index contributed by atoms with van der Waals surface area (Å²) in [6.45, 7) is 1.49. The number of nitrogens with zero attached hydrogens (tertiary/aromatic N) is 2. The largest absolute Gasteiger partial charge is 0.397 e. The lowest BCUT2D eigenvalue weighted by Gasteiger charge is -2.26. The van der Waals surface area contributed by atoms with E-state index in [1.807, 2.05) is 0 Å². The third-order valence-electron chi connectivity index (χ3n) is 2.49. The molecule has 1 fully saturated rings. The minimum Gasteiger partial charge on any atom is -0.397 e. The summed E-state index contributed by atoms with van der Waals surface area (Å²) < 4.78 is 31.5. The summed E-state index contributed by atoms with van der Waals surface area (Å²) in [6.07, 6.45) is 2.73. The SMILES string of the molecule is Nc1c(Br)cncc1S(=O)(=O)N1CCOCC1. The zero-order valence-electron chi connectivity index (χ0n) is 8.97. The monoisotopic (exact) mass is 321 g/mol. The Morgan fingerprint density at radius 1 is 1.35 bits per heavy atom. The van der Waals surface area contributed by atoms with Crippen molar-refractivity contribution in [1.82, 2.24) is 9.29 Å². The molecular formula is C9H12BrN3O3S. The predicted octanol–water partition coefficient (Wildman–Crippen LogP) is 0.447. The highest BCUT2D eigenvalue weighted by Crippen LogP contribution is 2.28. The molecule has 0 atom stereocenters. The van der Waals surface area contributed by atoms with E-state index in [0.29, 0.717) is 30.8 Å². The van der Waals surface area contributed by atoms with Gasteiger partial charge in [0.25, 0.3) is 0 Å². The Bertz CT molecular complexity index is 514. The second-order valence-corrected chi connectivity index (χ2v) is 6.31. The fourth-order valence-corrected chi connectivity index (χ4v) is 3.51. The maximum atomic E-state index is 12.3. The van der Waals surface area contributed by atoms with Crippen molar-refractivity contribution in [3.63, 3.8) is 0 Å². The highest BCUT2D eigenvalue weighted by Gasteiger charge is 2.28. The molecule has 0 aliphatic carbocycles. The van der Waals surface area contributed by atoms with Gasteiger partial charge in [-0.25, -0.2) is 8.42 Å². The van der Waals surface area contributed by atoms with E-state index >= 15 is 0 Å². The molecule has 1 saturated heterocycles. The number of hydrogen-bond acceptors (Lipinski definition) is 5. The van der Waals surface area contributed by atoms with Crippen molar-refractivity contribution in [2.24, 2.45) is 0 Å². The van der Waals surface area contributed by atoms with Gasteiger partial charge in [0.05, 0.1) is 23.4 Å². The van der Waals surface area contributed by atoms with Crippen LogP contribution in [-0.4, -0.2) is 44.0 Å². The van der Waals surface area contributed by atoms with Crippen LogP contribution in [0, 0.1) is 0 Å². The molecule has 17 heavy (non-hydrogen) atoms. The van der Waals surface area contributed by atoms with Crippen molar-refractivity contribution in [2.45, 2.75) is 4.90 Å². The van der Waals surface area contributed by atoms with E-state index in [1.165, 1.54) is 16.7 Å². The Kier molecular flexibility index (Phi) is 3.67. The molecule has 2 heterocycles. The van der Waals surface area contributed by atoms with Gasteiger partial charge in [-0.2, -0.15) is 4.31 Å². The molecule has 0 bridgehead atoms. The van der Waals surface area contributed by atoms with Gasteiger partial charge in [-0.1, -0.05) is 0 Å². The number of sulfonamides is 1. The first-order chi connectivity index (χ1) is 8.03. The van der Waals surface area contributed by atoms with Crippen LogP contribution in [0.1, 0.15) is 0 Å². The highest BCUT2D eigenvalue weighted by molar-refractivity contribution is 9.10. The number of halogens is 1. The van der Waals surface area contributed by atoms with Crippen LogP contribution in [0.5, 0.6) is 0 Å². The van der Waals surface area contributed by atoms with Crippen LogP contribution in [0.3, 0.4) is 0 Å². The van der Waals surface area contributed by atoms with Gasteiger partial charge in [0, 0.05) is 25.5 Å². The van der Waals surface area contributed by atoms with Crippen LogP contribution in [0.4, 0.5) is 5.69 Å². The summed E-state index contributed by atoms with van der Waals surface area (Å²) in [4.78, 5) is 3.88. The van der Waals surface area contributed by atoms with Crippen molar-refractivity contribution in [3.8, 4) is 0 Å². The van der Waals surface area contributed by atoms with Crippen LogP contribution in [-0.2, 0) is 14.8 Å². The molecular weight excluding hydrogens is 310 g/mol. The Balaban J connectivity index is 2.40. The zero-order chi connectivity index (χ0) is 12.5. The Morgan fingerprint density at radius 2 is 2.00 bits per heavy atom. The minimum absolute atomic E-state index is 0.0359. The first-order valence-corrected chi connectivity index (χ1v) is 7.23. The van der Waals surface area contributed by atoms with E-state index < -0.39 is 10.0 Å². The summed E-state index contributed by atoms with van der Waals surface area (Å²) in [5.74, 6) is 0. The molecule has 2 N–H and O–H groups in total. The van der Waals surface area contributed by atoms with Crippen LogP contribution < -0.4 is 5.73 Å². The number of aromatic nitrogens is 1. The number of nitrogen functional groups attached to an aromatic ring is 1. The van der Waals surface area contributed by atoms with E-state index in [1.54, 1.807) is 0 Å². The quantitative estimate of drug-likeness (QED) is 0.854. The lowest BCUT2D eigenvalue weighted by molar-refractivity contribution is 0.0730. The van der Waals surface area contributed by atoms with Crippen LogP contribution >= 0.6 is 15.9 Å². The molecule has 0 spiro atoms. The number of nitrogens with two attached hydrogens (primary N) is 1. The zero-order valence-corrected chi connectivity index (χ0v) is 11.4. The molecule has 0 radical (unpaired) electrons. The first-order valence-electron chi connectivity index (χ1n) is 5.00. The predicted molar refractivity (Wildman–Crippen MR) is 65.9 cm³/mol. The molecule has 0 aromatic carbocycles. The average Bonchev–Trinajstić information content (AvgIpc) is 2.33. The Labute approximate surface area is 108 Å². The van der Waals surface area contributed by atoms with Crippen LogP contribution in [0.2, 0.25) is 0 Å². The van der Waals surface area contributed by atoms with Gasteiger partial charge in [0.2, 0.25) is 10.0 Å².